The van der Waals surface area contributed by atoms with Gasteiger partial charge in [0.1, 0.15) is 23.6 Å². The van der Waals surface area contributed by atoms with Crippen LogP contribution in [0.2, 0.25) is 0 Å². The number of fused-ring (bicyclic) bond motifs is 1. The van der Waals surface area contributed by atoms with Gasteiger partial charge in [-0.25, -0.2) is 14.4 Å². The third kappa shape index (κ3) is 4.51. The summed E-state index contributed by atoms with van der Waals surface area (Å²) in [5, 5.41) is 3.78. The van der Waals surface area contributed by atoms with E-state index in [9.17, 15) is 4.39 Å². The topological polar surface area (TPSA) is 82.3 Å². The van der Waals surface area contributed by atoms with Gasteiger partial charge in [0.25, 0.3) is 0 Å². The molecule has 0 amide bonds. The van der Waals surface area contributed by atoms with Crippen molar-refractivity contribution in [2.75, 3.05) is 25.2 Å². The minimum Gasteiger partial charge on any atom is -0.494 e. The second-order valence-electron chi connectivity index (χ2n) is 5.41. The fourth-order valence-electron chi connectivity index (χ4n) is 2.10. The molecule has 0 aliphatic heterocycles. The molecule has 26 heavy (non-hydrogen) atoms. The summed E-state index contributed by atoms with van der Waals surface area (Å²) in [6.07, 6.45) is 2.70. The lowest BCUT2D eigenvalue weighted by Gasteiger charge is -2.09. The number of methoxy groups -OCH3 is 1. The van der Waals surface area contributed by atoms with E-state index in [2.05, 4.69) is 29.1 Å². The lowest BCUT2D eigenvalue weighted by atomic mass is 10.2. The van der Waals surface area contributed by atoms with Crippen LogP contribution in [0.15, 0.2) is 24.4 Å². The predicted octanol–water partition coefficient (Wildman–Crippen LogP) is 4.46. The molecule has 0 bridgehead atoms. The van der Waals surface area contributed by atoms with E-state index in [-0.39, 0.29) is 12.4 Å². The Bertz CT molecular complexity index is 870. The number of aromatic nitrogens is 2. The van der Waals surface area contributed by atoms with Gasteiger partial charge >= 0.3 is 0 Å². The minimum atomic E-state index is -0.559. The van der Waals surface area contributed by atoms with Crippen molar-refractivity contribution in [3.05, 3.63) is 35.8 Å². The number of nitrogen functional groups attached to an aromatic ring is 1. The van der Waals surface area contributed by atoms with Crippen LogP contribution >= 0.6 is 11.3 Å². The summed E-state index contributed by atoms with van der Waals surface area (Å²) in [5.74, 6) is 0.469. The summed E-state index contributed by atoms with van der Waals surface area (Å²) >= 11 is 1.48. The maximum Gasteiger partial charge on any atom is 0.183 e. The Labute approximate surface area is 156 Å². The normalized spacial score (nSPS) is 10.2. The van der Waals surface area contributed by atoms with E-state index >= 15 is 0 Å². The van der Waals surface area contributed by atoms with E-state index < -0.39 is 5.82 Å². The number of nitrogens with one attached hydrogen (secondary N) is 1. The Morgan fingerprint density at radius 3 is 2.69 bits per heavy atom. The molecule has 0 saturated heterocycles. The van der Waals surface area contributed by atoms with Gasteiger partial charge in [-0.2, -0.15) is 0 Å². The molecule has 2 aromatic heterocycles. The maximum absolute atomic E-state index is 13.8. The highest BCUT2D eigenvalue weighted by Crippen LogP contribution is 2.36. The molecule has 0 spiro atoms. The van der Waals surface area contributed by atoms with Crippen molar-refractivity contribution < 1.29 is 13.9 Å². The molecule has 3 rings (SSSR count). The molecule has 2 heterocycles. The molecule has 1 aromatic carbocycles. The second-order valence-corrected chi connectivity index (χ2v) is 6.44. The summed E-state index contributed by atoms with van der Waals surface area (Å²) in [4.78, 5) is 8.12. The fraction of sp³-hybridized carbons (Fsp3) is 0.333. The first kappa shape index (κ1) is 19.7. The molecule has 3 aromatic rings. The third-order valence-electron chi connectivity index (χ3n) is 3.26. The van der Waals surface area contributed by atoms with Crippen LogP contribution in [0, 0.1) is 5.82 Å². The number of pyridine rings is 1. The monoisotopic (exact) mass is 378 g/mol. The Hall–Kier alpha value is -2.61. The molecule has 140 valence electrons. The highest BCUT2D eigenvalue weighted by Gasteiger charge is 2.12. The van der Waals surface area contributed by atoms with Gasteiger partial charge in [-0.3, -0.25) is 0 Å². The average Bonchev–Trinajstić information content (AvgIpc) is 3.06. The van der Waals surface area contributed by atoms with Gasteiger partial charge in [0, 0.05) is 24.9 Å². The zero-order valence-electron chi connectivity index (χ0n) is 15.3. The minimum absolute atomic E-state index is 0.0465. The number of nitrogens with two attached hydrogens (primary N) is 1. The van der Waals surface area contributed by atoms with E-state index in [4.69, 9.17) is 15.2 Å². The van der Waals surface area contributed by atoms with Crippen molar-refractivity contribution >= 4 is 32.5 Å². The summed E-state index contributed by atoms with van der Waals surface area (Å²) < 4.78 is 25.8. The van der Waals surface area contributed by atoms with Gasteiger partial charge in [0.15, 0.2) is 16.8 Å². The summed E-state index contributed by atoms with van der Waals surface area (Å²) in [7, 11) is 3.37. The van der Waals surface area contributed by atoms with Crippen molar-refractivity contribution in [1.82, 2.24) is 9.97 Å². The van der Waals surface area contributed by atoms with E-state index in [0.29, 0.717) is 17.1 Å². The number of nitrogens with zero attached hydrogens (tertiary/aromatic N) is 2. The van der Waals surface area contributed by atoms with E-state index in [1.165, 1.54) is 30.0 Å². The van der Waals surface area contributed by atoms with Crippen LogP contribution in [-0.4, -0.2) is 24.1 Å². The zero-order chi connectivity index (χ0) is 19.1. The van der Waals surface area contributed by atoms with Crippen LogP contribution in [0.25, 0.3) is 10.2 Å². The van der Waals surface area contributed by atoms with Crippen molar-refractivity contribution in [2.45, 2.75) is 26.9 Å². The van der Waals surface area contributed by atoms with Crippen LogP contribution in [0.3, 0.4) is 0 Å². The van der Waals surface area contributed by atoms with Crippen molar-refractivity contribution in [3.63, 3.8) is 0 Å². The van der Waals surface area contributed by atoms with Gasteiger partial charge < -0.3 is 20.5 Å². The molecule has 0 fully saturated rings. The van der Waals surface area contributed by atoms with E-state index in [0.717, 1.165) is 15.3 Å². The van der Waals surface area contributed by atoms with Gasteiger partial charge in [0.05, 0.1) is 11.8 Å². The van der Waals surface area contributed by atoms with Crippen LogP contribution in [0.4, 0.5) is 15.3 Å². The van der Waals surface area contributed by atoms with Gasteiger partial charge in [-0.05, 0) is 12.1 Å². The Morgan fingerprint density at radius 2 is 2.04 bits per heavy atom. The first-order chi connectivity index (χ1) is 12.5. The number of benzene rings is 1. The molecule has 3 N–H and O–H groups in total. The SMILES string of the molecule is CCC.CNc1nc2c(OC)cc(OCc3ccnc(N)c3F)cc2s1. The Morgan fingerprint density at radius 1 is 1.31 bits per heavy atom. The molecule has 8 heteroatoms. The molecule has 6 nitrogen and oxygen atoms in total. The molecule has 0 radical (unpaired) electrons. The van der Waals surface area contributed by atoms with Crippen molar-refractivity contribution in [2.24, 2.45) is 0 Å². The fourth-order valence-corrected chi connectivity index (χ4v) is 2.96. The van der Waals surface area contributed by atoms with E-state index in [1.54, 1.807) is 20.2 Å². The molecule has 0 unspecified atom stereocenters. The Balaban J connectivity index is 0.000000758. The van der Waals surface area contributed by atoms with Gasteiger partial charge in [-0.15, -0.1) is 0 Å². The maximum atomic E-state index is 13.8. The van der Waals surface area contributed by atoms with Crippen LogP contribution in [-0.2, 0) is 6.61 Å². The summed E-state index contributed by atoms with van der Waals surface area (Å²) in [6, 6.07) is 5.11. The second kappa shape index (κ2) is 9.19. The molecular weight excluding hydrogens is 355 g/mol. The molecule has 0 saturated carbocycles. The summed E-state index contributed by atoms with van der Waals surface area (Å²) in [6.45, 7) is 4.30. The number of anilines is 2. The first-order valence-corrected chi connectivity index (χ1v) is 9.03. The van der Waals surface area contributed by atoms with Crippen molar-refractivity contribution in [3.8, 4) is 11.5 Å². The zero-order valence-corrected chi connectivity index (χ0v) is 16.1. The highest BCUT2D eigenvalue weighted by atomic mass is 32.1. The van der Waals surface area contributed by atoms with E-state index in [1.807, 2.05) is 6.07 Å². The third-order valence-corrected chi connectivity index (χ3v) is 4.28. The smallest absolute Gasteiger partial charge is 0.183 e. The number of ether oxygens (including phenoxy) is 2. The molecule has 0 aliphatic carbocycles. The van der Waals surface area contributed by atoms with Gasteiger partial charge in [0.2, 0.25) is 0 Å². The summed E-state index contributed by atoms with van der Waals surface area (Å²) in [5.41, 5.74) is 6.55. The molecular formula is C18H23FN4O2S. The number of hydrogen-bond acceptors (Lipinski definition) is 7. The Kier molecular flexibility index (Phi) is 6.97. The quantitative estimate of drug-likeness (QED) is 0.682. The van der Waals surface area contributed by atoms with Crippen LogP contribution in [0.5, 0.6) is 11.5 Å². The van der Waals surface area contributed by atoms with Crippen LogP contribution in [0.1, 0.15) is 25.8 Å². The average molecular weight is 378 g/mol. The molecule has 0 atom stereocenters. The number of thiazole rings is 1. The number of rotatable bonds is 5. The van der Waals surface area contributed by atoms with Gasteiger partial charge in [-0.1, -0.05) is 31.6 Å². The highest BCUT2D eigenvalue weighted by molar-refractivity contribution is 7.22. The lowest BCUT2D eigenvalue weighted by molar-refractivity contribution is 0.298. The predicted molar refractivity (Wildman–Crippen MR) is 105 cm³/mol. The largest absolute Gasteiger partial charge is 0.494 e. The first-order valence-electron chi connectivity index (χ1n) is 8.21. The molecule has 0 aliphatic rings. The number of hydrogen-bond donors (Lipinski definition) is 2. The number of halogens is 1. The van der Waals surface area contributed by atoms with Crippen LogP contribution < -0.4 is 20.5 Å². The standard InChI is InChI=1S/C15H15FN4O2S.C3H8/c1-18-15-20-13-10(21-2)5-9(6-11(13)23-15)22-7-8-3-4-19-14(17)12(8)16;1-3-2/h3-6H,7H2,1-2H3,(H2,17,19)(H,18,20);3H2,1-2H3. The van der Waals surface area contributed by atoms with Crippen molar-refractivity contribution in [1.29, 1.82) is 0 Å². The lowest BCUT2D eigenvalue weighted by Crippen LogP contribution is -2.03.